The Morgan fingerprint density at radius 2 is 1.79 bits per heavy atom. The quantitative estimate of drug-likeness (QED) is 0.445. The van der Waals surface area contributed by atoms with Gasteiger partial charge in [-0.2, -0.15) is 13.4 Å². The molecule has 148 valence electrons. The second-order valence-electron chi connectivity index (χ2n) is 6.38. The van der Waals surface area contributed by atoms with Crippen molar-refractivity contribution < 1.29 is 12.8 Å². The topological polar surface area (TPSA) is 90.0 Å². The Labute approximate surface area is 176 Å². The molecule has 2 aromatic carbocycles. The number of aromatic nitrogens is 3. The lowest BCUT2D eigenvalue weighted by Crippen LogP contribution is -2.18. The van der Waals surface area contributed by atoms with E-state index in [-0.39, 0.29) is 16.7 Å². The summed E-state index contributed by atoms with van der Waals surface area (Å²) in [5.41, 5.74) is 1.93. The van der Waals surface area contributed by atoms with E-state index >= 15 is 0 Å². The molecule has 0 saturated heterocycles. The number of furan rings is 1. The van der Waals surface area contributed by atoms with Crippen molar-refractivity contribution in [3.63, 3.8) is 0 Å². The van der Waals surface area contributed by atoms with Crippen LogP contribution in [0.1, 0.15) is 11.1 Å². The van der Waals surface area contributed by atoms with Gasteiger partial charge in [0.05, 0.1) is 11.2 Å². The van der Waals surface area contributed by atoms with Crippen LogP contribution in [0, 0.1) is 6.92 Å². The Balaban J connectivity index is 1.73. The summed E-state index contributed by atoms with van der Waals surface area (Å²) in [6, 6.07) is 17.7. The monoisotopic (exact) mass is 472 g/mol. The highest BCUT2D eigenvalue weighted by molar-refractivity contribution is 9.10. The van der Waals surface area contributed by atoms with Crippen molar-refractivity contribution in [2.45, 2.75) is 18.4 Å². The molecule has 0 fully saturated rings. The first kappa shape index (κ1) is 19.4. The van der Waals surface area contributed by atoms with Crippen LogP contribution in [0.4, 0.5) is 5.95 Å². The Bertz CT molecular complexity index is 1220. The predicted octanol–water partition coefficient (Wildman–Crippen LogP) is 4.46. The third kappa shape index (κ3) is 4.10. The summed E-state index contributed by atoms with van der Waals surface area (Å²) in [7, 11) is -3.94. The average Bonchev–Trinajstić information content (AvgIpc) is 3.38. The number of rotatable bonds is 6. The van der Waals surface area contributed by atoms with Gasteiger partial charge in [0.15, 0.2) is 5.76 Å². The SMILES string of the molecule is Cc1ccc(S(=O)(=O)n2nc(-c3ccco3)nc2NCc2ccc(Br)cc2)cc1. The van der Waals surface area contributed by atoms with Crippen LogP contribution < -0.4 is 5.32 Å². The molecule has 4 aromatic rings. The summed E-state index contributed by atoms with van der Waals surface area (Å²) in [5.74, 6) is 0.679. The predicted molar refractivity (Wildman–Crippen MR) is 113 cm³/mol. The minimum Gasteiger partial charge on any atom is -0.461 e. The Morgan fingerprint density at radius 3 is 2.45 bits per heavy atom. The first-order valence-corrected chi connectivity index (χ1v) is 11.0. The van der Waals surface area contributed by atoms with Crippen LogP contribution in [0.3, 0.4) is 0 Å². The molecule has 0 atom stereocenters. The maximum Gasteiger partial charge on any atom is 0.286 e. The molecular weight excluding hydrogens is 456 g/mol. The zero-order valence-electron chi connectivity index (χ0n) is 15.4. The van der Waals surface area contributed by atoms with E-state index in [0.29, 0.717) is 12.3 Å². The molecule has 0 saturated carbocycles. The molecule has 29 heavy (non-hydrogen) atoms. The first-order valence-electron chi connectivity index (χ1n) is 8.75. The number of aryl methyl sites for hydroxylation is 1. The van der Waals surface area contributed by atoms with Crippen molar-refractivity contribution >= 4 is 31.9 Å². The van der Waals surface area contributed by atoms with E-state index in [0.717, 1.165) is 19.7 Å². The Morgan fingerprint density at radius 1 is 1.07 bits per heavy atom. The van der Waals surface area contributed by atoms with Crippen LogP contribution in [0.2, 0.25) is 0 Å². The summed E-state index contributed by atoms with van der Waals surface area (Å²) >= 11 is 3.40. The second kappa shape index (κ2) is 7.84. The van der Waals surface area contributed by atoms with Crippen molar-refractivity contribution in [1.82, 2.24) is 14.2 Å². The van der Waals surface area contributed by atoms with Gasteiger partial charge >= 0.3 is 0 Å². The highest BCUT2D eigenvalue weighted by Gasteiger charge is 2.25. The van der Waals surface area contributed by atoms with Gasteiger partial charge in [-0.3, -0.25) is 0 Å². The minimum atomic E-state index is -3.94. The van der Waals surface area contributed by atoms with Gasteiger partial charge in [-0.05, 0) is 48.9 Å². The fraction of sp³-hybridized carbons (Fsp3) is 0.100. The summed E-state index contributed by atoms with van der Waals surface area (Å²) in [4.78, 5) is 4.48. The van der Waals surface area contributed by atoms with Gasteiger partial charge in [-0.1, -0.05) is 45.8 Å². The normalized spacial score (nSPS) is 11.5. The molecule has 0 aliphatic heterocycles. The van der Waals surface area contributed by atoms with Gasteiger partial charge in [0, 0.05) is 11.0 Å². The van der Waals surface area contributed by atoms with Crippen LogP contribution in [-0.2, 0) is 16.6 Å². The summed E-state index contributed by atoms with van der Waals surface area (Å²) < 4.78 is 33.6. The fourth-order valence-corrected chi connectivity index (χ4v) is 4.14. The highest BCUT2D eigenvalue weighted by Crippen LogP contribution is 2.23. The molecular formula is C20H17BrN4O3S. The minimum absolute atomic E-state index is 0.111. The molecule has 0 aliphatic carbocycles. The lowest BCUT2D eigenvalue weighted by molar-refractivity contribution is 0.573. The van der Waals surface area contributed by atoms with E-state index in [1.54, 1.807) is 36.4 Å². The summed E-state index contributed by atoms with van der Waals surface area (Å²) in [5, 5.41) is 7.28. The van der Waals surface area contributed by atoms with E-state index in [1.807, 2.05) is 31.2 Å². The zero-order chi connectivity index (χ0) is 20.4. The largest absolute Gasteiger partial charge is 0.461 e. The van der Waals surface area contributed by atoms with E-state index in [9.17, 15) is 8.42 Å². The van der Waals surface area contributed by atoms with E-state index < -0.39 is 10.0 Å². The van der Waals surface area contributed by atoms with Gasteiger partial charge in [-0.15, -0.1) is 9.19 Å². The molecule has 9 heteroatoms. The number of anilines is 1. The number of hydrogen-bond donors (Lipinski definition) is 1. The van der Waals surface area contributed by atoms with Crippen molar-refractivity contribution in [3.05, 3.63) is 82.5 Å². The van der Waals surface area contributed by atoms with Crippen molar-refractivity contribution in [2.75, 3.05) is 5.32 Å². The standard InChI is InChI=1S/C20H17BrN4O3S/c1-14-4-10-17(11-5-14)29(26,27)25-20(22-13-15-6-8-16(21)9-7-15)23-19(24-25)18-3-2-12-28-18/h2-12H,13H2,1H3,(H,22,23,24). The third-order valence-electron chi connectivity index (χ3n) is 4.23. The molecule has 7 nitrogen and oxygen atoms in total. The van der Waals surface area contributed by atoms with Crippen molar-refractivity contribution in [2.24, 2.45) is 0 Å². The number of benzene rings is 2. The Kier molecular flexibility index (Phi) is 5.25. The van der Waals surface area contributed by atoms with Gasteiger partial charge < -0.3 is 9.73 Å². The van der Waals surface area contributed by atoms with Gasteiger partial charge in [0.2, 0.25) is 11.8 Å². The van der Waals surface area contributed by atoms with Gasteiger partial charge in [0.1, 0.15) is 0 Å². The lowest BCUT2D eigenvalue weighted by Gasteiger charge is -2.09. The van der Waals surface area contributed by atoms with E-state index in [1.165, 1.54) is 6.26 Å². The van der Waals surface area contributed by atoms with Crippen LogP contribution in [0.25, 0.3) is 11.6 Å². The molecule has 2 heterocycles. The number of halogens is 1. The molecule has 0 amide bonds. The van der Waals surface area contributed by atoms with Crippen LogP contribution >= 0.6 is 15.9 Å². The third-order valence-corrected chi connectivity index (χ3v) is 6.34. The van der Waals surface area contributed by atoms with Crippen LogP contribution in [-0.4, -0.2) is 22.6 Å². The molecule has 0 radical (unpaired) electrons. The van der Waals surface area contributed by atoms with Crippen LogP contribution in [0.15, 0.2) is 80.7 Å². The van der Waals surface area contributed by atoms with E-state index in [2.05, 4.69) is 31.3 Å². The molecule has 0 unspecified atom stereocenters. The smallest absolute Gasteiger partial charge is 0.286 e. The maximum atomic E-state index is 13.2. The lowest BCUT2D eigenvalue weighted by atomic mass is 10.2. The van der Waals surface area contributed by atoms with Gasteiger partial charge in [-0.25, -0.2) is 0 Å². The summed E-state index contributed by atoms with van der Waals surface area (Å²) in [6.45, 7) is 2.28. The second-order valence-corrected chi connectivity index (χ2v) is 9.06. The van der Waals surface area contributed by atoms with Crippen LogP contribution in [0.5, 0.6) is 0 Å². The molecule has 0 spiro atoms. The number of hydrogen-bond acceptors (Lipinski definition) is 6. The molecule has 0 aliphatic rings. The van der Waals surface area contributed by atoms with Crippen molar-refractivity contribution in [3.8, 4) is 11.6 Å². The molecule has 0 bridgehead atoms. The number of nitrogens with one attached hydrogen (secondary N) is 1. The fourth-order valence-electron chi connectivity index (χ4n) is 2.68. The molecule has 4 rings (SSSR count). The highest BCUT2D eigenvalue weighted by atomic mass is 79.9. The summed E-state index contributed by atoms with van der Waals surface area (Å²) in [6.07, 6.45) is 1.49. The van der Waals surface area contributed by atoms with E-state index in [4.69, 9.17) is 4.42 Å². The van der Waals surface area contributed by atoms with Crippen molar-refractivity contribution in [1.29, 1.82) is 0 Å². The Hall–Kier alpha value is -2.91. The molecule has 2 aromatic heterocycles. The molecule has 1 N–H and O–H groups in total. The first-order chi connectivity index (χ1) is 13.9. The maximum absolute atomic E-state index is 13.2. The van der Waals surface area contributed by atoms with Gasteiger partial charge in [0.25, 0.3) is 10.0 Å². The average molecular weight is 473 g/mol. The zero-order valence-corrected chi connectivity index (χ0v) is 17.8. The number of nitrogens with zero attached hydrogens (tertiary/aromatic N) is 3.